The topological polar surface area (TPSA) is 78.9 Å². The Balaban J connectivity index is 4.15. The first-order valence-corrected chi connectivity index (χ1v) is 36.1. The molecule has 0 aromatic carbocycles. The third kappa shape index (κ3) is 69.3. The van der Waals surface area contributed by atoms with Crippen LogP contribution in [0.2, 0.25) is 0 Å². The summed E-state index contributed by atoms with van der Waals surface area (Å²) in [6.07, 6.45) is 94.9. The second kappa shape index (κ2) is 71.1. The molecule has 0 aromatic rings. The Kier molecular flexibility index (Phi) is 68.2. The molecule has 0 N–H and O–H groups in total. The molecule has 0 aliphatic rings. The van der Waals surface area contributed by atoms with E-state index in [0.717, 1.165) is 116 Å². The Morgan fingerprint density at radius 2 is 0.470 bits per heavy atom. The van der Waals surface area contributed by atoms with Gasteiger partial charge in [0.15, 0.2) is 6.10 Å². The van der Waals surface area contributed by atoms with Gasteiger partial charge in [-0.15, -0.1) is 0 Å². The number of ether oxygens (including phenoxy) is 3. The van der Waals surface area contributed by atoms with Gasteiger partial charge < -0.3 is 14.2 Å². The highest BCUT2D eigenvalue weighted by Crippen LogP contribution is 2.18. The number of esters is 3. The minimum absolute atomic E-state index is 0.0800. The van der Waals surface area contributed by atoms with Crippen LogP contribution in [-0.2, 0) is 28.6 Å². The fraction of sp³-hybridized carbons (Fsp3) is 0.779. The highest BCUT2D eigenvalue weighted by Gasteiger charge is 2.19. The molecule has 0 saturated heterocycles. The van der Waals surface area contributed by atoms with E-state index in [2.05, 4.69) is 106 Å². The maximum atomic E-state index is 12.9. The van der Waals surface area contributed by atoms with Crippen molar-refractivity contribution < 1.29 is 28.6 Å². The van der Waals surface area contributed by atoms with Crippen molar-refractivity contribution in [1.29, 1.82) is 0 Å². The molecule has 0 saturated carbocycles. The molecular formula is C77H136O6. The average Bonchev–Trinajstić information content (AvgIpc) is 3.48. The van der Waals surface area contributed by atoms with E-state index in [-0.39, 0.29) is 31.1 Å². The van der Waals surface area contributed by atoms with Gasteiger partial charge in [0, 0.05) is 19.3 Å². The number of hydrogen-bond donors (Lipinski definition) is 0. The van der Waals surface area contributed by atoms with Crippen LogP contribution in [0.5, 0.6) is 0 Å². The zero-order valence-corrected chi connectivity index (χ0v) is 55.2. The van der Waals surface area contributed by atoms with Gasteiger partial charge in [-0.25, -0.2) is 0 Å². The molecule has 83 heavy (non-hydrogen) atoms. The van der Waals surface area contributed by atoms with Gasteiger partial charge in [-0.05, 0) is 96.3 Å². The van der Waals surface area contributed by atoms with Crippen LogP contribution in [0.3, 0.4) is 0 Å². The van der Waals surface area contributed by atoms with Gasteiger partial charge in [0.05, 0.1) is 0 Å². The van der Waals surface area contributed by atoms with Gasteiger partial charge >= 0.3 is 17.9 Å². The second-order valence-corrected chi connectivity index (χ2v) is 24.1. The summed E-state index contributed by atoms with van der Waals surface area (Å²) in [5.74, 6) is -0.881. The molecule has 0 rings (SSSR count). The molecule has 0 aromatic heterocycles. The number of carbonyl (C=O) groups excluding carboxylic acids is 3. The van der Waals surface area contributed by atoms with E-state index in [4.69, 9.17) is 14.2 Å². The first-order valence-electron chi connectivity index (χ1n) is 36.1. The largest absolute Gasteiger partial charge is 0.462 e. The quantitative estimate of drug-likeness (QED) is 0.0261. The maximum absolute atomic E-state index is 12.9. The lowest BCUT2D eigenvalue weighted by atomic mass is 10.0. The van der Waals surface area contributed by atoms with E-state index in [9.17, 15) is 14.4 Å². The fourth-order valence-corrected chi connectivity index (χ4v) is 10.5. The Hall–Kier alpha value is -3.41. The molecule has 0 heterocycles. The van der Waals surface area contributed by atoms with Crippen LogP contribution in [0.25, 0.3) is 0 Å². The van der Waals surface area contributed by atoms with Gasteiger partial charge in [0.25, 0.3) is 0 Å². The third-order valence-corrected chi connectivity index (χ3v) is 15.9. The van der Waals surface area contributed by atoms with Gasteiger partial charge in [0.2, 0.25) is 0 Å². The Bertz CT molecular complexity index is 1570. The van der Waals surface area contributed by atoms with Crippen molar-refractivity contribution >= 4 is 17.9 Å². The van der Waals surface area contributed by atoms with Crippen LogP contribution in [-0.4, -0.2) is 37.2 Å². The summed E-state index contributed by atoms with van der Waals surface area (Å²) in [4.78, 5) is 38.4. The van der Waals surface area contributed by atoms with Crippen molar-refractivity contribution in [2.75, 3.05) is 13.2 Å². The van der Waals surface area contributed by atoms with E-state index >= 15 is 0 Å². The van der Waals surface area contributed by atoms with Crippen molar-refractivity contribution in [2.24, 2.45) is 0 Å². The van der Waals surface area contributed by atoms with E-state index in [0.29, 0.717) is 19.3 Å². The maximum Gasteiger partial charge on any atom is 0.306 e. The van der Waals surface area contributed by atoms with Crippen molar-refractivity contribution in [3.05, 3.63) is 85.1 Å². The summed E-state index contributed by atoms with van der Waals surface area (Å²) in [6, 6.07) is 0. The molecule has 0 spiro atoms. The normalized spacial score (nSPS) is 12.6. The molecule has 0 aliphatic carbocycles. The fourth-order valence-electron chi connectivity index (χ4n) is 10.5. The first kappa shape index (κ1) is 79.6. The number of allylic oxidation sites excluding steroid dienone is 14. The second-order valence-electron chi connectivity index (χ2n) is 24.1. The first-order chi connectivity index (χ1) is 41.0. The Labute approximate surface area is 515 Å². The van der Waals surface area contributed by atoms with Crippen LogP contribution in [0.4, 0.5) is 0 Å². The van der Waals surface area contributed by atoms with Crippen molar-refractivity contribution in [3.63, 3.8) is 0 Å². The molecule has 0 amide bonds. The lowest BCUT2D eigenvalue weighted by Gasteiger charge is -2.18. The number of carbonyl (C=O) groups is 3. The Morgan fingerprint density at radius 1 is 0.253 bits per heavy atom. The van der Waals surface area contributed by atoms with Crippen LogP contribution >= 0.6 is 0 Å². The monoisotopic (exact) mass is 1160 g/mol. The van der Waals surface area contributed by atoms with Crippen molar-refractivity contribution in [3.8, 4) is 0 Å². The summed E-state index contributed by atoms with van der Waals surface area (Å²) in [5, 5.41) is 0. The molecule has 480 valence electrons. The summed E-state index contributed by atoms with van der Waals surface area (Å²) < 4.78 is 16.9. The lowest BCUT2D eigenvalue weighted by molar-refractivity contribution is -0.167. The SMILES string of the molecule is CC/C=C\C/C=C\C/C=C\C/C=C\C/C=C\CCCCCCCC(=O)OC(COC(=O)CCCCCCCCCCCCC)COC(=O)CCCCCCCCCCCCCCCCCCCCCCC/C=C\C/C=C\CCCCCCC. The van der Waals surface area contributed by atoms with Gasteiger partial charge in [-0.3, -0.25) is 14.4 Å². The van der Waals surface area contributed by atoms with Crippen molar-refractivity contribution in [1.82, 2.24) is 0 Å². The summed E-state index contributed by atoms with van der Waals surface area (Å²) in [7, 11) is 0. The zero-order chi connectivity index (χ0) is 59.9. The minimum atomic E-state index is -0.785. The van der Waals surface area contributed by atoms with Crippen molar-refractivity contribution in [2.45, 2.75) is 374 Å². The molecule has 0 fully saturated rings. The van der Waals surface area contributed by atoms with Gasteiger partial charge in [-0.2, -0.15) is 0 Å². The van der Waals surface area contributed by atoms with Crippen LogP contribution in [0, 0.1) is 0 Å². The Morgan fingerprint density at radius 3 is 0.735 bits per heavy atom. The highest BCUT2D eigenvalue weighted by molar-refractivity contribution is 5.71. The molecule has 0 aliphatic heterocycles. The summed E-state index contributed by atoms with van der Waals surface area (Å²) in [5.41, 5.74) is 0. The zero-order valence-electron chi connectivity index (χ0n) is 55.2. The van der Waals surface area contributed by atoms with E-state index in [1.165, 1.54) is 212 Å². The molecule has 6 heteroatoms. The highest BCUT2D eigenvalue weighted by atomic mass is 16.6. The van der Waals surface area contributed by atoms with E-state index in [1.54, 1.807) is 0 Å². The number of hydrogen-bond acceptors (Lipinski definition) is 6. The molecule has 1 atom stereocenters. The average molecular weight is 1160 g/mol. The number of rotatable bonds is 66. The lowest BCUT2D eigenvalue weighted by Crippen LogP contribution is -2.30. The molecule has 1 unspecified atom stereocenters. The predicted molar refractivity (Wildman–Crippen MR) is 362 cm³/mol. The van der Waals surface area contributed by atoms with E-state index in [1.807, 2.05) is 0 Å². The minimum Gasteiger partial charge on any atom is -0.462 e. The predicted octanol–water partition coefficient (Wildman–Crippen LogP) is 25.0. The summed E-state index contributed by atoms with van der Waals surface area (Å²) in [6.45, 7) is 6.54. The smallest absolute Gasteiger partial charge is 0.306 e. The molecule has 6 nitrogen and oxygen atoms in total. The van der Waals surface area contributed by atoms with Crippen LogP contribution < -0.4 is 0 Å². The molecule has 0 bridgehead atoms. The van der Waals surface area contributed by atoms with Gasteiger partial charge in [-0.1, -0.05) is 337 Å². The van der Waals surface area contributed by atoms with E-state index < -0.39 is 6.10 Å². The standard InChI is InChI=1S/C77H136O6/c1-4-7-10-13-16-19-22-24-26-28-30-32-33-34-35-36-37-38-39-40-41-42-43-45-46-48-50-52-55-58-61-64-67-70-76(79)82-73-74(72-81-75(78)69-66-63-60-57-54-21-18-15-12-9-6-3)83-77(80)71-68-65-62-59-56-53-51-49-47-44-31-29-27-25-23-20-17-14-11-8-5-2/h8,11,17,20,22,24-25,27-28,30-31,44,49,51,74H,4-7,9-10,12-16,18-19,21,23,26,29,32-43,45-48,50,52-73H2,1-3H3/b11-8-,20-17-,24-22-,27-25-,30-28-,44-31-,51-49-. The number of unbranched alkanes of at least 4 members (excludes halogenated alkanes) is 41. The summed E-state index contributed by atoms with van der Waals surface area (Å²) >= 11 is 0. The third-order valence-electron chi connectivity index (χ3n) is 15.9. The molecular weight excluding hydrogens is 1020 g/mol. The van der Waals surface area contributed by atoms with Gasteiger partial charge in [0.1, 0.15) is 13.2 Å². The van der Waals surface area contributed by atoms with Crippen LogP contribution in [0.1, 0.15) is 367 Å². The van der Waals surface area contributed by atoms with Crippen LogP contribution in [0.15, 0.2) is 85.1 Å². The molecule has 0 radical (unpaired) electrons.